The molecule has 122 valence electrons. The molecule has 6 heteroatoms. The maximum absolute atomic E-state index is 12.3. The maximum atomic E-state index is 12.3. The lowest BCUT2D eigenvalue weighted by molar-refractivity contribution is 0.101. The minimum atomic E-state index is -3.69. The third-order valence-electron chi connectivity index (χ3n) is 3.15. The predicted octanol–water partition coefficient (Wildman–Crippen LogP) is 3.48. The second-order valence-electron chi connectivity index (χ2n) is 5.06. The number of hydrogen-bond donors (Lipinski definition) is 1. The van der Waals surface area contributed by atoms with E-state index in [-0.39, 0.29) is 10.7 Å². The molecule has 0 heterocycles. The quantitative estimate of drug-likeness (QED) is 0.787. The molecule has 0 spiro atoms. The molecule has 0 saturated heterocycles. The molecule has 23 heavy (non-hydrogen) atoms. The van der Waals surface area contributed by atoms with Gasteiger partial charge in [0.15, 0.2) is 5.78 Å². The van der Waals surface area contributed by atoms with Crippen LogP contribution >= 0.6 is 0 Å². The van der Waals surface area contributed by atoms with Crippen LogP contribution in [0.3, 0.4) is 0 Å². The van der Waals surface area contributed by atoms with Crippen LogP contribution < -0.4 is 9.46 Å². The highest BCUT2D eigenvalue weighted by molar-refractivity contribution is 7.92. The third kappa shape index (κ3) is 4.56. The number of hydrogen-bond acceptors (Lipinski definition) is 4. The van der Waals surface area contributed by atoms with Gasteiger partial charge < -0.3 is 4.74 Å². The number of sulfonamides is 1. The molecule has 0 bridgehead atoms. The van der Waals surface area contributed by atoms with Crippen LogP contribution in [-0.2, 0) is 10.0 Å². The Balaban J connectivity index is 2.12. The molecule has 2 aromatic rings. The zero-order valence-electron chi connectivity index (χ0n) is 13.1. The van der Waals surface area contributed by atoms with Crippen molar-refractivity contribution in [3.63, 3.8) is 0 Å². The Bertz CT molecular complexity index is 765. The van der Waals surface area contributed by atoms with Gasteiger partial charge in [0.1, 0.15) is 5.75 Å². The van der Waals surface area contributed by atoms with Crippen LogP contribution in [0.15, 0.2) is 53.4 Å². The van der Waals surface area contributed by atoms with Crippen LogP contribution in [0.5, 0.6) is 5.75 Å². The monoisotopic (exact) mass is 333 g/mol. The predicted molar refractivity (Wildman–Crippen MR) is 89.5 cm³/mol. The van der Waals surface area contributed by atoms with E-state index in [1.807, 2.05) is 6.92 Å². The molecule has 2 aromatic carbocycles. The lowest BCUT2D eigenvalue weighted by atomic mass is 10.2. The number of ether oxygens (including phenoxy) is 1. The summed E-state index contributed by atoms with van der Waals surface area (Å²) >= 11 is 0. The molecule has 1 N–H and O–H groups in total. The van der Waals surface area contributed by atoms with Crippen molar-refractivity contribution < 1.29 is 17.9 Å². The molecule has 0 saturated carbocycles. The topological polar surface area (TPSA) is 72.5 Å². The van der Waals surface area contributed by atoms with E-state index in [4.69, 9.17) is 4.74 Å². The van der Waals surface area contributed by atoms with E-state index in [0.29, 0.717) is 23.6 Å². The largest absolute Gasteiger partial charge is 0.494 e. The van der Waals surface area contributed by atoms with Gasteiger partial charge in [-0.2, -0.15) is 0 Å². The van der Waals surface area contributed by atoms with Crippen LogP contribution in [0.4, 0.5) is 5.69 Å². The summed E-state index contributed by atoms with van der Waals surface area (Å²) in [5, 5.41) is 0. The van der Waals surface area contributed by atoms with Gasteiger partial charge in [-0.1, -0.05) is 19.1 Å². The first-order valence-corrected chi connectivity index (χ1v) is 8.77. The maximum Gasteiger partial charge on any atom is 0.261 e. The van der Waals surface area contributed by atoms with Crippen molar-refractivity contribution in [2.45, 2.75) is 25.2 Å². The van der Waals surface area contributed by atoms with Crippen molar-refractivity contribution >= 4 is 21.5 Å². The second-order valence-corrected chi connectivity index (χ2v) is 6.74. The van der Waals surface area contributed by atoms with Crippen LogP contribution in [0.2, 0.25) is 0 Å². The van der Waals surface area contributed by atoms with Gasteiger partial charge in [-0.15, -0.1) is 0 Å². The number of carbonyl (C=O) groups excluding carboxylic acids is 1. The minimum absolute atomic E-state index is 0.105. The first-order valence-electron chi connectivity index (χ1n) is 7.29. The number of anilines is 1. The molecule has 0 aliphatic rings. The number of carbonyl (C=O) groups is 1. The van der Waals surface area contributed by atoms with E-state index in [1.54, 1.807) is 24.3 Å². The van der Waals surface area contributed by atoms with Crippen LogP contribution in [0.25, 0.3) is 0 Å². The smallest absolute Gasteiger partial charge is 0.261 e. The average molecular weight is 333 g/mol. The van der Waals surface area contributed by atoms with Crippen molar-refractivity contribution in [3.05, 3.63) is 54.1 Å². The van der Waals surface area contributed by atoms with Gasteiger partial charge >= 0.3 is 0 Å². The van der Waals surface area contributed by atoms with Gasteiger partial charge in [-0.3, -0.25) is 9.52 Å². The molecular weight excluding hydrogens is 314 g/mol. The van der Waals surface area contributed by atoms with Crippen LogP contribution in [0.1, 0.15) is 30.6 Å². The first kappa shape index (κ1) is 17.0. The van der Waals surface area contributed by atoms with E-state index < -0.39 is 10.0 Å². The summed E-state index contributed by atoms with van der Waals surface area (Å²) in [4.78, 5) is 11.3. The summed E-state index contributed by atoms with van der Waals surface area (Å²) in [5.41, 5.74) is 0.922. The minimum Gasteiger partial charge on any atom is -0.494 e. The van der Waals surface area contributed by atoms with E-state index in [0.717, 1.165) is 6.42 Å². The summed E-state index contributed by atoms with van der Waals surface area (Å²) < 4.78 is 32.6. The number of Topliss-reactive ketones (excluding diaryl/α,β-unsaturated/α-hetero) is 1. The van der Waals surface area contributed by atoms with E-state index in [1.165, 1.54) is 31.2 Å². The molecule has 0 radical (unpaired) electrons. The van der Waals surface area contributed by atoms with Gasteiger partial charge in [0.25, 0.3) is 10.0 Å². The van der Waals surface area contributed by atoms with Crippen molar-refractivity contribution in [3.8, 4) is 5.75 Å². The third-order valence-corrected chi connectivity index (χ3v) is 4.55. The Morgan fingerprint density at radius 1 is 1.04 bits per heavy atom. The zero-order chi connectivity index (χ0) is 16.9. The Labute approximate surface area is 136 Å². The van der Waals surface area contributed by atoms with Crippen molar-refractivity contribution in [2.75, 3.05) is 11.3 Å². The Hall–Kier alpha value is -2.34. The van der Waals surface area contributed by atoms with Crippen LogP contribution in [0, 0.1) is 0 Å². The normalized spacial score (nSPS) is 11.0. The fourth-order valence-corrected chi connectivity index (χ4v) is 2.98. The molecule has 0 fully saturated rings. The Kier molecular flexibility index (Phi) is 5.39. The average Bonchev–Trinajstić information content (AvgIpc) is 2.54. The zero-order valence-corrected chi connectivity index (χ0v) is 13.9. The van der Waals surface area contributed by atoms with Gasteiger partial charge in [0, 0.05) is 11.3 Å². The number of nitrogens with one attached hydrogen (secondary N) is 1. The molecule has 5 nitrogen and oxygen atoms in total. The highest BCUT2D eigenvalue weighted by Crippen LogP contribution is 2.20. The van der Waals surface area contributed by atoms with E-state index in [2.05, 4.69) is 4.72 Å². The van der Waals surface area contributed by atoms with Gasteiger partial charge in [-0.25, -0.2) is 8.42 Å². The fourth-order valence-electron chi connectivity index (χ4n) is 1.92. The van der Waals surface area contributed by atoms with Gasteiger partial charge in [0.05, 0.1) is 11.5 Å². The highest BCUT2D eigenvalue weighted by Gasteiger charge is 2.14. The Morgan fingerprint density at radius 3 is 2.17 bits per heavy atom. The molecule has 0 atom stereocenters. The number of rotatable bonds is 7. The van der Waals surface area contributed by atoms with Gasteiger partial charge in [-0.05, 0) is 49.7 Å². The van der Waals surface area contributed by atoms with Crippen molar-refractivity contribution in [2.24, 2.45) is 0 Å². The van der Waals surface area contributed by atoms with Crippen molar-refractivity contribution in [1.29, 1.82) is 0 Å². The summed E-state index contributed by atoms with van der Waals surface area (Å²) in [6, 6.07) is 12.5. The number of benzene rings is 2. The summed E-state index contributed by atoms with van der Waals surface area (Å²) in [5.74, 6) is 0.588. The molecule has 0 amide bonds. The lowest BCUT2D eigenvalue weighted by Crippen LogP contribution is -2.13. The molecule has 0 aromatic heterocycles. The van der Waals surface area contributed by atoms with Crippen molar-refractivity contribution in [1.82, 2.24) is 0 Å². The molecule has 0 unspecified atom stereocenters. The molecule has 0 aliphatic heterocycles. The van der Waals surface area contributed by atoms with Crippen LogP contribution in [-0.4, -0.2) is 20.8 Å². The van der Waals surface area contributed by atoms with E-state index in [9.17, 15) is 13.2 Å². The Morgan fingerprint density at radius 2 is 1.65 bits per heavy atom. The highest BCUT2D eigenvalue weighted by atomic mass is 32.2. The fraction of sp³-hybridized carbons (Fsp3) is 0.235. The molecule has 0 aliphatic carbocycles. The summed E-state index contributed by atoms with van der Waals surface area (Å²) in [6.07, 6.45) is 0.907. The second kappa shape index (κ2) is 7.28. The summed E-state index contributed by atoms with van der Waals surface area (Å²) in [7, 11) is -3.69. The molecular formula is C17H19NO4S. The first-order chi connectivity index (χ1) is 10.9. The lowest BCUT2D eigenvalue weighted by Gasteiger charge is -2.10. The molecule has 2 rings (SSSR count). The summed E-state index contributed by atoms with van der Waals surface area (Å²) in [6.45, 7) is 4.07. The standard InChI is InChI=1S/C17H19NO4S/c1-3-12-22-16-8-6-15(7-9-16)18-23(20,21)17-10-4-14(5-11-17)13(2)19/h4-11,18H,3,12H2,1-2H3. The SMILES string of the molecule is CCCOc1ccc(NS(=O)(=O)c2ccc(C(C)=O)cc2)cc1. The van der Waals surface area contributed by atoms with Gasteiger partial charge in [0.2, 0.25) is 0 Å². The van der Waals surface area contributed by atoms with E-state index >= 15 is 0 Å². The number of ketones is 1.